The summed E-state index contributed by atoms with van der Waals surface area (Å²) in [5.74, 6) is 0.401. The highest BCUT2D eigenvalue weighted by molar-refractivity contribution is 6.10. The van der Waals surface area contributed by atoms with Crippen molar-refractivity contribution >= 4 is 17.4 Å². The lowest BCUT2D eigenvalue weighted by Crippen LogP contribution is -2.13. The van der Waals surface area contributed by atoms with Crippen molar-refractivity contribution in [2.24, 2.45) is 0 Å². The molecule has 0 saturated heterocycles. The van der Waals surface area contributed by atoms with Crippen molar-refractivity contribution in [3.63, 3.8) is 0 Å². The molecule has 0 aliphatic rings. The van der Waals surface area contributed by atoms with Gasteiger partial charge in [-0.3, -0.25) is 9.59 Å². The van der Waals surface area contributed by atoms with E-state index in [4.69, 9.17) is 4.74 Å². The van der Waals surface area contributed by atoms with Crippen molar-refractivity contribution < 1.29 is 14.3 Å². The van der Waals surface area contributed by atoms with Gasteiger partial charge in [-0.1, -0.05) is 57.2 Å². The average Bonchev–Trinajstić information content (AvgIpc) is 2.73. The van der Waals surface area contributed by atoms with Gasteiger partial charge in [-0.25, -0.2) is 0 Å². The molecular weight excluding hydrogens is 386 g/mol. The Kier molecular flexibility index (Phi) is 6.59. The van der Waals surface area contributed by atoms with Crippen LogP contribution in [0.4, 0.5) is 5.69 Å². The summed E-state index contributed by atoms with van der Waals surface area (Å²) < 4.78 is 5.61. The molecule has 0 saturated carbocycles. The van der Waals surface area contributed by atoms with Gasteiger partial charge < -0.3 is 10.1 Å². The van der Waals surface area contributed by atoms with E-state index in [2.05, 4.69) is 26.1 Å². The molecule has 0 radical (unpaired) electrons. The number of amides is 1. The van der Waals surface area contributed by atoms with Gasteiger partial charge in [0.2, 0.25) is 0 Å². The average molecular weight is 416 g/mol. The van der Waals surface area contributed by atoms with E-state index in [0.717, 1.165) is 5.75 Å². The van der Waals surface area contributed by atoms with Crippen LogP contribution in [0.2, 0.25) is 0 Å². The molecule has 0 aromatic heterocycles. The monoisotopic (exact) mass is 415 g/mol. The molecule has 0 bridgehead atoms. The fourth-order valence-corrected chi connectivity index (χ4v) is 3.19. The number of rotatable bonds is 6. The molecule has 1 N–H and O–H groups in total. The number of hydrogen-bond acceptors (Lipinski definition) is 3. The lowest BCUT2D eigenvalue weighted by Gasteiger charge is -2.19. The van der Waals surface area contributed by atoms with Gasteiger partial charge in [0.1, 0.15) is 5.75 Å². The molecule has 4 heteroatoms. The van der Waals surface area contributed by atoms with Crippen LogP contribution in [0.3, 0.4) is 0 Å². The molecule has 31 heavy (non-hydrogen) atoms. The Balaban J connectivity index is 1.72. The van der Waals surface area contributed by atoms with Crippen LogP contribution in [0.25, 0.3) is 0 Å². The van der Waals surface area contributed by atoms with Crippen LogP contribution in [-0.2, 0) is 5.41 Å². The van der Waals surface area contributed by atoms with Crippen LogP contribution in [-0.4, -0.2) is 17.8 Å². The van der Waals surface area contributed by atoms with E-state index in [-0.39, 0.29) is 23.2 Å². The molecule has 3 rings (SSSR count). The Hall–Kier alpha value is -3.40. The van der Waals surface area contributed by atoms with Gasteiger partial charge in [-0.15, -0.1) is 0 Å². The van der Waals surface area contributed by atoms with E-state index in [9.17, 15) is 9.59 Å². The second-order valence-electron chi connectivity index (χ2n) is 8.88. The first-order valence-corrected chi connectivity index (χ1v) is 10.5. The molecule has 0 spiro atoms. The minimum absolute atomic E-state index is 0.0326. The summed E-state index contributed by atoms with van der Waals surface area (Å²) in [6.07, 6.45) is 0.0737. The third kappa shape index (κ3) is 5.82. The number of carbonyl (C=O) groups is 2. The van der Waals surface area contributed by atoms with Crippen LogP contribution in [0, 0.1) is 0 Å². The lowest BCUT2D eigenvalue weighted by molar-refractivity contribution is 0.102. The van der Waals surface area contributed by atoms with Gasteiger partial charge in [0.15, 0.2) is 5.78 Å². The van der Waals surface area contributed by atoms with Gasteiger partial charge >= 0.3 is 0 Å². The summed E-state index contributed by atoms with van der Waals surface area (Å²) >= 11 is 0. The third-order valence-corrected chi connectivity index (χ3v) is 4.88. The predicted octanol–water partition coefficient (Wildman–Crippen LogP) is 6.25. The summed E-state index contributed by atoms with van der Waals surface area (Å²) in [6, 6.07) is 21.7. The van der Waals surface area contributed by atoms with Gasteiger partial charge in [0.25, 0.3) is 5.91 Å². The van der Waals surface area contributed by atoms with E-state index in [1.165, 1.54) is 5.56 Å². The van der Waals surface area contributed by atoms with Crippen molar-refractivity contribution in [2.75, 3.05) is 5.32 Å². The minimum Gasteiger partial charge on any atom is -0.491 e. The Bertz CT molecular complexity index is 1060. The highest BCUT2D eigenvalue weighted by atomic mass is 16.5. The van der Waals surface area contributed by atoms with E-state index in [1.807, 2.05) is 38.1 Å². The van der Waals surface area contributed by atoms with Gasteiger partial charge in [-0.2, -0.15) is 0 Å². The Labute approximate surface area is 184 Å². The second-order valence-corrected chi connectivity index (χ2v) is 8.88. The number of hydrogen-bond donors (Lipinski definition) is 1. The lowest BCUT2D eigenvalue weighted by atomic mass is 9.86. The summed E-state index contributed by atoms with van der Waals surface area (Å²) in [5, 5.41) is 2.86. The maximum atomic E-state index is 12.9. The minimum atomic E-state index is -0.241. The molecule has 0 heterocycles. The molecule has 3 aromatic rings. The fraction of sp³-hybridized carbons (Fsp3) is 0.259. The predicted molar refractivity (Wildman–Crippen MR) is 125 cm³/mol. The van der Waals surface area contributed by atoms with E-state index >= 15 is 0 Å². The Morgan fingerprint density at radius 2 is 1.42 bits per heavy atom. The van der Waals surface area contributed by atoms with E-state index in [1.54, 1.807) is 48.5 Å². The normalized spacial score (nSPS) is 11.3. The maximum absolute atomic E-state index is 12.9. The molecule has 0 aliphatic carbocycles. The SMILES string of the molecule is CC(C)Oc1ccc(C(=O)Nc2cccc(C(=O)c3ccc(C(C)(C)C)cc3)c2)cc1. The summed E-state index contributed by atoms with van der Waals surface area (Å²) in [7, 11) is 0. The molecule has 0 atom stereocenters. The van der Waals surface area contributed by atoms with E-state index < -0.39 is 0 Å². The molecular formula is C27H29NO3. The number of ketones is 1. The summed E-state index contributed by atoms with van der Waals surface area (Å²) in [6.45, 7) is 10.3. The number of benzene rings is 3. The zero-order valence-electron chi connectivity index (χ0n) is 18.7. The van der Waals surface area contributed by atoms with Gasteiger partial charge in [0, 0.05) is 22.4 Å². The fourth-order valence-electron chi connectivity index (χ4n) is 3.19. The van der Waals surface area contributed by atoms with Crippen molar-refractivity contribution in [1.82, 2.24) is 0 Å². The van der Waals surface area contributed by atoms with Crippen LogP contribution in [0.15, 0.2) is 72.8 Å². The van der Waals surface area contributed by atoms with Gasteiger partial charge in [0.05, 0.1) is 6.10 Å². The highest BCUT2D eigenvalue weighted by Gasteiger charge is 2.16. The standard InChI is InChI=1S/C27H29NO3/c1-18(2)31-24-15-11-20(12-16-24)26(30)28-23-8-6-7-21(17-23)25(29)19-9-13-22(14-10-19)27(3,4)5/h6-18H,1-5H3,(H,28,30). The van der Waals surface area contributed by atoms with Crippen molar-refractivity contribution in [3.05, 3.63) is 95.1 Å². The molecule has 0 unspecified atom stereocenters. The number of anilines is 1. The topological polar surface area (TPSA) is 55.4 Å². The Morgan fingerprint density at radius 1 is 0.806 bits per heavy atom. The van der Waals surface area contributed by atoms with Crippen LogP contribution < -0.4 is 10.1 Å². The zero-order chi connectivity index (χ0) is 22.6. The first-order chi connectivity index (χ1) is 14.6. The largest absolute Gasteiger partial charge is 0.491 e. The molecule has 3 aromatic carbocycles. The molecule has 0 fully saturated rings. The number of ether oxygens (including phenoxy) is 1. The van der Waals surface area contributed by atoms with Crippen LogP contribution >= 0.6 is 0 Å². The van der Waals surface area contributed by atoms with Crippen LogP contribution in [0.5, 0.6) is 5.75 Å². The second kappa shape index (κ2) is 9.17. The summed E-state index contributed by atoms with van der Waals surface area (Å²) in [5.41, 5.74) is 3.45. The molecule has 4 nitrogen and oxygen atoms in total. The zero-order valence-corrected chi connectivity index (χ0v) is 18.7. The quantitative estimate of drug-likeness (QED) is 0.484. The first-order valence-electron chi connectivity index (χ1n) is 10.5. The number of nitrogens with one attached hydrogen (secondary N) is 1. The molecule has 0 aliphatic heterocycles. The van der Waals surface area contributed by atoms with Crippen molar-refractivity contribution in [1.29, 1.82) is 0 Å². The highest BCUT2D eigenvalue weighted by Crippen LogP contribution is 2.23. The van der Waals surface area contributed by atoms with Crippen molar-refractivity contribution in [2.45, 2.75) is 46.1 Å². The Morgan fingerprint density at radius 3 is 2.00 bits per heavy atom. The number of carbonyl (C=O) groups excluding carboxylic acids is 2. The van der Waals surface area contributed by atoms with E-state index in [0.29, 0.717) is 22.4 Å². The summed E-state index contributed by atoms with van der Waals surface area (Å²) in [4.78, 5) is 25.5. The molecule has 160 valence electrons. The van der Waals surface area contributed by atoms with Crippen LogP contribution in [0.1, 0.15) is 66.5 Å². The molecule has 1 amide bonds. The van der Waals surface area contributed by atoms with Crippen molar-refractivity contribution in [3.8, 4) is 5.75 Å². The first kappa shape index (κ1) is 22.3. The van der Waals surface area contributed by atoms with Gasteiger partial charge in [-0.05, 0) is 61.2 Å². The third-order valence-electron chi connectivity index (χ3n) is 4.88. The maximum Gasteiger partial charge on any atom is 0.255 e. The smallest absolute Gasteiger partial charge is 0.255 e.